The lowest BCUT2D eigenvalue weighted by atomic mass is 9.83. The third-order valence-electron chi connectivity index (χ3n) is 7.99. The van der Waals surface area contributed by atoms with E-state index in [1.54, 1.807) is 27.4 Å². The summed E-state index contributed by atoms with van der Waals surface area (Å²) < 4.78 is 0. The number of aromatic nitrogens is 1. The van der Waals surface area contributed by atoms with Gasteiger partial charge in [0, 0.05) is 30.9 Å². The van der Waals surface area contributed by atoms with E-state index in [2.05, 4.69) is 34.6 Å². The molecule has 1 saturated heterocycles. The summed E-state index contributed by atoms with van der Waals surface area (Å²) in [5.74, 6) is 6.95. The number of nitrogens with two attached hydrogens (primary N) is 2. The molecule has 8 nitrogen and oxygen atoms in total. The van der Waals surface area contributed by atoms with Crippen molar-refractivity contribution >= 4 is 23.2 Å². The van der Waals surface area contributed by atoms with Crippen LogP contribution in [0.4, 0.5) is 0 Å². The Morgan fingerprint density at radius 3 is 2.46 bits per heavy atom. The van der Waals surface area contributed by atoms with Gasteiger partial charge in [0.05, 0.1) is 16.1 Å². The van der Waals surface area contributed by atoms with Gasteiger partial charge in [-0.25, -0.2) is 10.8 Å². The van der Waals surface area contributed by atoms with E-state index in [-0.39, 0.29) is 23.8 Å². The fourth-order valence-electron chi connectivity index (χ4n) is 5.73. The van der Waals surface area contributed by atoms with E-state index >= 15 is 0 Å². The molecule has 2 heterocycles. The predicted molar refractivity (Wildman–Crippen MR) is 157 cm³/mol. The van der Waals surface area contributed by atoms with Crippen LogP contribution in [0.1, 0.15) is 70.4 Å². The van der Waals surface area contributed by atoms with Gasteiger partial charge in [-0.15, -0.1) is 11.3 Å². The van der Waals surface area contributed by atoms with Crippen molar-refractivity contribution in [3.8, 4) is 10.4 Å². The van der Waals surface area contributed by atoms with Crippen molar-refractivity contribution < 1.29 is 9.59 Å². The largest absolute Gasteiger partial charge is 0.401 e. The van der Waals surface area contributed by atoms with Gasteiger partial charge in [-0.1, -0.05) is 49.6 Å². The van der Waals surface area contributed by atoms with Crippen molar-refractivity contribution in [2.24, 2.45) is 23.4 Å². The van der Waals surface area contributed by atoms with Crippen molar-refractivity contribution in [2.75, 3.05) is 13.1 Å². The van der Waals surface area contributed by atoms with Gasteiger partial charge in [0.25, 0.3) is 0 Å². The quantitative estimate of drug-likeness (QED) is 0.326. The minimum Gasteiger partial charge on any atom is -0.401 e. The van der Waals surface area contributed by atoms with E-state index in [1.807, 2.05) is 25.4 Å². The van der Waals surface area contributed by atoms with Gasteiger partial charge >= 0.3 is 0 Å². The lowest BCUT2D eigenvalue weighted by molar-refractivity contribution is -0.144. The first-order valence-electron chi connectivity index (χ1n) is 14.4. The smallest absolute Gasteiger partial charge is 0.247 e. The first-order valence-corrected chi connectivity index (χ1v) is 15.3. The molecule has 0 radical (unpaired) electrons. The van der Waals surface area contributed by atoms with Crippen molar-refractivity contribution in [1.82, 2.24) is 20.2 Å². The van der Waals surface area contributed by atoms with Crippen LogP contribution in [0.3, 0.4) is 0 Å². The fraction of sp³-hybridized carbons (Fsp3) is 0.567. The van der Waals surface area contributed by atoms with Gasteiger partial charge in [-0.3, -0.25) is 9.59 Å². The molecule has 0 spiro atoms. The van der Waals surface area contributed by atoms with E-state index in [0.29, 0.717) is 19.0 Å². The normalized spacial score (nSPS) is 20.6. The lowest BCUT2D eigenvalue weighted by Crippen LogP contribution is -2.56. The van der Waals surface area contributed by atoms with E-state index < -0.39 is 6.04 Å². The Bertz CT molecular complexity index is 1110. The third kappa shape index (κ3) is 7.60. The zero-order valence-corrected chi connectivity index (χ0v) is 24.2. The predicted octanol–water partition coefficient (Wildman–Crippen LogP) is 4.57. The molecule has 0 bridgehead atoms. The third-order valence-corrected chi connectivity index (χ3v) is 8.97. The number of carbonyl (C=O) groups is 2. The average molecular weight is 553 g/mol. The zero-order valence-electron chi connectivity index (χ0n) is 23.4. The minimum absolute atomic E-state index is 0.0157. The number of hydrogen-bond acceptors (Lipinski definition) is 7. The highest BCUT2D eigenvalue weighted by Crippen LogP contribution is 2.35. The van der Waals surface area contributed by atoms with Crippen LogP contribution in [0.2, 0.25) is 0 Å². The second-order valence-corrected chi connectivity index (χ2v) is 11.8. The van der Waals surface area contributed by atoms with E-state index in [9.17, 15) is 9.59 Å². The molecular weight excluding hydrogens is 508 g/mol. The molecule has 1 aromatic heterocycles. The van der Waals surface area contributed by atoms with Crippen LogP contribution in [0, 0.1) is 18.8 Å². The number of hydrazine groups is 1. The summed E-state index contributed by atoms with van der Waals surface area (Å²) in [6.07, 6.45) is 11.0. The standard InChI is InChI=1S/C20H35N5O2.C10H9NS/c1-2-23-19(26)17-9-6-12-24(17)20(27)18(15-7-4-3-5-8-15)25(22)13-16(21)14-10-11-14;1-8-10(12-7-11-8)9-5-3-2-4-6-9/h13-15,17-18H,2-12,21-22H2,1H3,(H,23,26);2-7H,1H3/b16-13-;. The number of hydrogen-bond donors (Lipinski definition) is 3. The number of nitrogens with zero attached hydrogens (tertiary/aromatic N) is 3. The van der Waals surface area contributed by atoms with Crippen LogP contribution in [-0.4, -0.2) is 51.9 Å². The summed E-state index contributed by atoms with van der Waals surface area (Å²) in [6.45, 7) is 5.14. The number of amides is 2. The molecule has 212 valence electrons. The monoisotopic (exact) mass is 552 g/mol. The van der Waals surface area contributed by atoms with Crippen molar-refractivity contribution in [3.05, 3.63) is 53.4 Å². The molecule has 3 aliphatic rings. The summed E-state index contributed by atoms with van der Waals surface area (Å²) in [4.78, 5) is 33.2. The molecular formula is C30H44N6O2S. The van der Waals surface area contributed by atoms with Crippen LogP contribution in [0.15, 0.2) is 47.7 Å². The highest BCUT2D eigenvalue weighted by Gasteiger charge is 2.41. The van der Waals surface area contributed by atoms with Crippen LogP contribution in [0.25, 0.3) is 10.4 Å². The molecule has 1 aliphatic heterocycles. The topological polar surface area (TPSA) is 118 Å². The SMILES string of the molecule is CCNC(=O)C1CCCN1C(=O)C(C1CCCCC1)N(N)/C=C(\N)C1CC1.Cc1ncsc1-c1ccccc1. The average Bonchev–Trinajstić information content (AvgIpc) is 3.53. The van der Waals surface area contributed by atoms with E-state index in [0.717, 1.165) is 62.8 Å². The van der Waals surface area contributed by atoms with Gasteiger partial charge < -0.3 is 21.0 Å². The Hall–Kier alpha value is -2.91. The Balaban J connectivity index is 0.000000243. The summed E-state index contributed by atoms with van der Waals surface area (Å²) >= 11 is 1.69. The van der Waals surface area contributed by atoms with Crippen LogP contribution in [-0.2, 0) is 9.59 Å². The number of likely N-dealkylation sites (N-methyl/N-ethyl adjacent to an activating group) is 1. The maximum Gasteiger partial charge on any atom is 0.247 e. The Kier molecular flexibility index (Phi) is 10.4. The Labute approximate surface area is 236 Å². The second kappa shape index (κ2) is 13.9. The van der Waals surface area contributed by atoms with E-state index in [1.165, 1.54) is 16.9 Å². The molecule has 2 unspecified atom stereocenters. The van der Waals surface area contributed by atoms with Crippen LogP contribution in [0.5, 0.6) is 0 Å². The van der Waals surface area contributed by atoms with Gasteiger partial charge in [-0.05, 0) is 63.9 Å². The molecule has 9 heteroatoms. The van der Waals surface area contributed by atoms with Gasteiger partial charge in [0.1, 0.15) is 12.1 Å². The van der Waals surface area contributed by atoms with Crippen LogP contribution >= 0.6 is 11.3 Å². The maximum absolute atomic E-state index is 13.5. The Morgan fingerprint density at radius 2 is 1.85 bits per heavy atom. The first kappa shape index (κ1) is 29.1. The summed E-state index contributed by atoms with van der Waals surface area (Å²) in [5, 5.41) is 4.42. The highest BCUT2D eigenvalue weighted by molar-refractivity contribution is 7.13. The second-order valence-electron chi connectivity index (χ2n) is 10.9. The minimum atomic E-state index is -0.433. The number of likely N-dealkylation sites (tertiary alicyclic amines) is 1. The summed E-state index contributed by atoms with van der Waals surface area (Å²) in [6, 6.07) is 9.54. The van der Waals surface area contributed by atoms with Crippen molar-refractivity contribution in [1.29, 1.82) is 0 Å². The van der Waals surface area contributed by atoms with Crippen molar-refractivity contribution in [2.45, 2.75) is 83.7 Å². The van der Waals surface area contributed by atoms with Crippen molar-refractivity contribution in [3.63, 3.8) is 0 Å². The highest BCUT2D eigenvalue weighted by atomic mass is 32.1. The number of benzene rings is 1. The molecule has 5 N–H and O–H groups in total. The number of aryl methyl sites for hydroxylation is 1. The summed E-state index contributed by atoms with van der Waals surface area (Å²) in [5.41, 5.74) is 11.2. The number of allylic oxidation sites excluding steroid dienone is 1. The molecule has 5 rings (SSSR count). The molecule has 2 saturated carbocycles. The van der Waals surface area contributed by atoms with Crippen LogP contribution < -0.4 is 16.9 Å². The summed E-state index contributed by atoms with van der Waals surface area (Å²) in [7, 11) is 0. The number of rotatable bonds is 8. The fourth-order valence-corrected chi connectivity index (χ4v) is 6.54. The van der Waals surface area contributed by atoms with Gasteiger partial charge in [0.2, 0.25) is 11.8 Å². The molecule has 2 aliphatic carbocycles. The number of carbonyl (C=O) groups excluding carboxylic acids is 2. The number of thiazole rings is 1. The molecule has 2 amide bonds. The first-order chi connectivity index (χ1) is 18.9. The maximum atomic E-state index is 13.5. The lowest BCUT2D eigenvalue weighted by Gasteiger charge is -2.38. The van der Waals surface area contributed by atoms with E-state index in [4.69, 9.17) is 11.6 Å². The zero-order chi connectivity index (χ0) is 27.8. The molecule has 39 heavy (non-hydrogen) atoms. The molecule has 2 aromatic rings. The van der Waals surface area contributed by atoms with Gasteiger partial charge in [0.15, 0.2) is 0 Å². The molecule has 1 aromatic carbocycles. The molecule has 3 fully saturated rings. The molecule has 2 atom stereocenters. The number of nitrogens with one attached hydrogen (secondary N) is 1. The Morgan fingerprint density at radius 1 is 1.13 bits per heavy atom. The van der Waals surface area contributed by atoms with Gasteiger partial charge in [-0.2, -0.15) is 0 Å².